The van der Waals surface area contributed by atoms with Crippen LogP contribution < -0.4 is 10.1 Å². The van der Waals surface area contributed by atoms with Crippen molar-refractivity contribution in [2.45, 2.75) is 63.3 Å². The second-order valence-electron chi connectivity index (χ2n) is 7.52. The molecule has 0 amide bonds. The molecule has 0 radical (unpaired) electrons. The normalized spacial score (nSPS) is 27.7. The highest BCUT2D eigenvalue weighted by atomic mass is 19.4. The SMILES string of the molecule is CC1(OCc2conc2-c2ccccc2OC(F)(F)F)C[C@H]2CC[C@@H](C1)N2. The molecule has 1 unspecified atom stereocenters. The lowest BCUT2D eigenvalue weighted by Gasteiger charge is -2.38. The monoisotopic (exact) mass is 382 g/mol. The quantitative estimate of drug-likeness (QED) is 0.829. The molecule has 1 aromatic carbocycles. The molecule has 0 aliphatic carbocycles. The lowest BCUT2D eigenvalue weighted by atomic mass is 9.89. The third kappa shape index (κ3) is 4.11. The van der Waals surface area contributed by atoms with Gasteiger partial charge in [-0.3, -0.25) is 0 Å². The number of ether oxygens (including phenoxy) is 2. The van der Waals surface area contributed by atoms with E-state index < -0.39 is 6.36 Å². The Bertz CT molecular complexity index is 793. The first kappa shape index (κ1) is 18.3. The average molecular weight is 382 g/mol. The van der Waals surface area contributed by atoms with Gasteiger partial charge in [0, 0.05) is 23.2 Å². The Morgan fingerprint density at radius 3 is 2.63 bits per heavy atom. The third-order valence-corrected chi connectivity index (χ3v) is 5.28. The van der Waals surface area contributed by atoms with Gasteiger partial charge in [0.1, 0.15) is 17.7 Å². The van der Waals surface area contributed by atoms with Crippen LogP contribution in [0.4, 0.5) is 13.2 Å². The number of alkyl halides is 3. The van der Waals surface area contributed by atoms with E-state index in [2.05, 4.69) is 22.1 Å². The van der Waals surface area contributed by atoms with Crippen LogP contribution >= 0.6 is 0 Å². The standard InChI is InChI=1S/C19H21F3N2O3/c1-18(8-13-6-7-14(9-18)23-13)25-10-12-11-26-24-17(12)15-4-2-3-5-16(15)27-19(20,21)22/h2-5,11,13-14,23H,6-10H2,1H3/t13-,14+,18?. The molecule has 3 heterocycles. The molecule has 1 aromatic heterocycles. The predicted octanol–water partition coefficient (Wildman–Crippen LogP) is 4.43. The molecule has 1 N–H and O–H groups in total. The van der Waals surface area contributed by atoms with Crippen molar-refractivity contribution in [2.24, 2.45) is 0 Å². The Morgan fingerprint density at radius 2 is 1.93 bits per heavy atom. The number of para-hydroxylation sites is 1. The Kier molecular flexibility index (Phi) is 4.63. The molecule has 2 bridgehead atoms. The van der Waals surface area contributed by atoms with E-state index in [0.717, 1.165) is 25.7 Å². The van der Waals surface area contributed by atoms with Gasteiger partial charge in [0.25, 0.3) is 0 Å². The van der Waals surface area contributed by atoms with Crippen molar-refractivity contribution in [2.75, 3.05) is 0 Å². The van der Waals surface area contributed by atoms with Crippen molar-refractivity contribution in [3.63, 3.8) is 0 Å². The molecule has 4 rings (SSSR count). The second-order valence-corrected chi connectivity index (χ2v) is 7.52. The van der Waals surface area contributed by atoms with Crippen molar-refractivity contribution >= 4 is 0 Å². The molecule has 5 nitrogen and oxygen atoms in total. The first-order valence-electron chi connectivity index (χ1n) is 9.00. The fourth-order valence-electron chi connectivity index (χ4n) is 4.18. The fraction of sp³-hybridized carbons (Fsp3) is 0.526. The number of rotatable bonds is 5. The van der Waals surface area contributed by atoms with Gasteiger partial charge in [0.2, 0.25) is 0 Å². The molecule has 2 aliphatic rings. The van der Waals surface area contributed by atoms with Gasteiger partial charge in [0.15, 0.2) is 0 Å². The average Bonchev–Trinajstić information content (AvgIpc) is 3.19. The van der Waals surface area contributed by atoms with Gasteiger partial charge in [-0.15, -0.1) is 13.2 Å². The molecule has 2 aromatic rings. The van der Waals surface area contributed by atoms with Crippen LogP contribution in [-0.4, -0.2) is 29.2 Å². The number of hydrogen-bond donors (Lipinski definition) is 1. The number of nitrogens with zero attached hydrogens (tertiary/aromatic N) is 1. The number of nitrogens with one attached hydrogen (secondary N) is 1. The van der Waals surface area contributed by atoms with Gasteiger partial charge in [-0.1, -0.05) is 17.3 Å². The topological polar surface area (TPSA) is 56.5 Å². The zero-order valence-corrected chi connectivity index (χ0v) is 14.9. The number of halogens is 3. The Labute approximate surface area is 154 Å². The van der Waals surface area contributed by atoms with E-state index in [-0.39, 0.29) is 23.5 Å². The summed E-state index contributed by atoms with van der Waals surface area (Å²) in [6.45, 7) is 2.31. The summed E-state index contributed by atoms with van der Waals surface area (Å²) < 4.78 is 53.4. The smallest absolute Gasteiger partial charge is 0.405 e. The maximum Gasteiger partial charge on any atom is 0.573 e. The summed E-state index contributed by atoms with van der Waals surface area (Å²) in [4.78, 5) is 0. The predicted molar refractivity (Wildman–Crippen MR) is 91.0 cm³/mol. The van der Waals surface area contributed by atoms with E-state index in [9.17, 15) is 13.2 Å². The van der Waals surface area contributed by atoms with Crippen LogP contribution in [0.15, 0.2) is 35.1 Å². The van der Waals surface area contributed by atoms with E-state index in [1.54, 1.807) is 6.07 Å². The van der Waals surface area contributed by atoms with Crippen molar-refractivity contribution in [1.82, 2.24) is 10.5 Å². The van der Waals surface area contributed by atoms with Crippen LogP contribution in [0.5, 0.6) is 5.75 Å². The van der Waals surface area contributed by atoms with Gasteiger partial charge in [0.05, 0.1) is 12.2 Å². The molecule has 2 aliphatic heterocycles. The highest BCUT2D eigenvalue weighted by molar-refractivity contribution is 5.69. The minimum absolute atomic E-state index is 0.217. The van der Waals surface area contributed by atoms with Gasteiger partial charge in [-0.05, 0) is 44.7 Å². The van der Waals surface area contributed by atoms with Gasteiger partial charge in [-0.2, -0.15) is 0 Å². The van der Waals surface area contributed by atoms with E-state index in [0.29, 0.717) is 23.3 Å². The summed E-state index contributed by atoms with van der Waals surface area (Å²) in [5, 5.41) is 7.46. The van der Waals surface area contributed by atoms with Gasteiger partial charge < -0.3 is 19.3 Å². The maximum absolute atomic E-state index is 12.7. The fourth-order valence-corrected chi connectivity index (χ4v) is 4.18. The molecule has 2 fully saturated rings. The molecular weight excluding hydrogens is 361 g/mol. The third-order valence-electron chi connectivity index (χ3n) is 5.28. The van der Waals surface area contributed by atoms with Gasteiger partial charge in [-0.25, -0.2) is 0 Å². The number of fused-ring (bicyclic) bond motifs is 2. The molecule has 0 spiro atoms. The Balaban J connectivity index is 1.52. The Hall–Kier alpha value is -2.06. The van der Waals surface area contributed by atoms with Gasteiger partial charge >= 0.3 is 6.36 Å². The zero-order chi connectivity index (χ0) is 19.1. The molecular formula is C19H21F3N2O3. The van der Waals surface area contributed by atoms with Crippen LogP contribution in [-0.2, 0) is 11.3 Å². The maximum atomic E-state index is 12.7. The first-order chi connectivity index (χ1) is 12.8. The second kappa shape index (κ2) is 6.83. The van der Waals surface area contributed by atoms with Crippen LogP contribution in [0.1, 0.15) is 38.2 Å². The number of benzene rings is 1. The zero-order valence-electron chi connectivity index (χ0n) is 14.9. The molecule has 146 valence electrons. The Morgan fingerprint density at radius 1 is 1.22 bits per heavy atom. The summed E-state index contributed by atoms with van der Waals surface area (Å²) in [5.74, 6) is -0.314. The largest absolute Gasteiger partial charge is 0.573 e. The number of hydrogen-bond acceptors (Lipinski definition) is 5. The van der Waals surface area contributed by atoms with Crippen molar-refractivity contribution in [1.29, 1.82) is 0 Å². The van der Waals surface area contributed by atoms with Crippen LogP contribution in [0, 0.1) is 0 Å². The van der Waals surface area contributed by atoms with Crippen molar-refractivity contribution < 1.29 is 27.2 Å². The minimum atomic E-state index is -4.78. The summed E-state index contributed by atoms with van der Waals surface area (Å²) in [6, 6.07) is 6.83. The number of piperidine rings is 1. The first-order valence-corrected chi connectivity index (χ1v) is 9.00. The molecule has 0 saturated carbocycles. The molecule has 3 atom stereocenters. The summed E-state index contributed by atoms with van der Waals surface area (Å²) in [5.41, 5.74) is 0.849. The summed E-state index contributed by atoms with van der Waals surface area (Å²) in [6.07, 6.45) is 0.779. The lowest BCUT2D eigenvalue weighted by Crippen LogP contribution is -2.48. The number of aromatic nitrogens is 1. The summed E-state index contributed by atoms with van der Waals surface area (Å²) in [7, 11) is 0. The van der Waals surface area contributed by atoms with E-state index in [4.69, 9.17) is 9.26 Å². The highest BCUT2D eigenvalue weighted by Crippen LogP contribution is 2.38. The van der Waals surface area contributed by atoms with Crippen molar-refractivity contribution in [3.05, 3.63) is 36.1 Å². The van der Waals surface area contributed by atoms with Crippen LogP contribution in [0.25, 0.3) is 11.3 Å². The van der Waals surface area contributed by atoms with Crippen molar-refractivity contribution in [3.8, 4) is 17.0 Å². The van der Waals surface area contributed by atoms with Crippen LogP contribution in [0.2, 0.25) is 0 Å². The molecule has 27 heavy (non-hydrogen) atoms. The molecule has 2 saturated heterocycles. The minimum Gasteiger partial charge on any atom is -0.405 e. The molecule has 8 heteroatoms. The van der Waals surface area contributed by atoms with Crippen LogP contribution in [0.3, 0.4) is 0 Å². The highest BCUT2D eigenvalue weighted by Gasteiger charge is 2.41. The summed E-state index contributed by atoms with van der Waals surface area (Å²) >= 11 is 0. The van der Waals surface area contributed by atoms with E-state index in [1.165, 1.54) is 24.5 Å². The lowest BCUT2D eigenvalue weighted by molar-refractivity contribution is -0.274. The van der Waals surface area contributed by atoms with E-state index in [1.807, 2.05) is 0 Å². The van der Waals surface area contributed by atoms with E-state index >= 15 is 0 Å².